The Morgan fingerprint density at radius 1 is 0.971 bits per heavy atom. The molecule has 1 amide bonds. The molecule has 2 aromatic carbocycles. The van der Waals surface area contributed by atoms with Crippen LogP contribution < -0.4 is 15.9 Å². The molecule has 182 valence electrons. The number of nitrogens with zero attached hydrogens (tertiary/aromatic N) is 4. The zero-order valence-electron chi connectivity index (χ0n) is 20.0. The molecule has 0 saturated carbocycles. The van der Waals surface area contributed by atoms with E-state index >= 15 is 0 Å². The average Bonchev–Trinajstić information content (AvgIpc) is 3.43. The first-order chi connectivity index (χ1) is 16.2. The smallest absolute Gasteiger partial charge is 0.328 e. The van der Waals surface area contributed by atoms with Gasteiger partial charge in [0, 0.05) is 51.6 Å². The molecule has 1 aliphatic heterocycles. The number of benzene rings is 2. The summed E-state index contributed by atoms with van der Waals surface area (Å²) in [6.07, 6.45) is 2.05. The predicted octanol–water partition coefficient (Wildman–Crippen LogP) is 2.76. The van der Waals surface area contributed by atoms with E-state index in [1.54, 1.807) is 62.8 Å². The van der Waals surface area contributed by atoms with Crippen LogP contribution in [0.15, 0.2) is 46.1 Å². The van der Waals surface area contributed by atoms with E-state index in [0.717, 1.165) is 37.1 Å². The fourth-order valence-electron chi connectivity index (χ4n) is 4.59. The molecule has 2 heterocycles. The number of hydrogen-bond acceptors (Lipinski definition) is 5. The van der Waals surface area contributed by atoms with Gasteiger partial charge in [-0.1, -0.05) is 13.8 Å². The number of nitrogens with one attached hydrogen (secondary N) is 1. The number of aryl methyl sites for hydroxylation is 2. The Morgan fingerprint density at radius 2 is 1.62 bits per heavy atom. The van der Waals surface area contributed by atoms with Crippen LogP contribution in [-0.4, -0.2) is 53.9 Å². The lowest BCUT2D eigenvalue weighted by molar-refractivity contribution is 0.102. The third-order valence-corrected chi connectivity index (χ3v) is 8.58. The summed E-state index contributed by atoms with van der Waals surface area (Å²) in [6, 6.07) is 10.1. The van der Waals surface area contributed by atoms with E-state index in [4.69, 9.17) is 0 Å². The van der Waals surface area contributed by atoms with Gasteiger partial charge >= 0.3 is 5.69 Å². The van der Waals surface area contributed by atoms with Gasteiger partial charge in [-0.05, 0) is 49.2 Å². The molecule has 0 atom stereocenters. The molecule has 1 N–H and O–H groups in total. The average molecular weight is 486 g/mol. The summed E-state index contributed by atoms with van der Waals surface area (Å²) in [5.74, 6) is -0.390. The number of rotatable bonds is 7. The molecule has 0 aliphatic carbocycles. The van der Waals surface area contributed by atoms with Gasteiger partial charge < -0.3 is 10.2 Å². The Balaban J connectivity index is 1.75. The molecule has 10 heteroatoms. The van der Waals surface area contributed by atoms with Crippen molar-refractivity contribution in [3.8, 4) is 0 Å². The van der Waals surface area contributed by atoms with E-state index in [0.29, 0.717) is 29.9 Å². The lowest BCUT2D eigenvalue weighted by atomic mass is 10.1. The van der Waals surface area contributed by atoms with Crippen LogP contribution in [0.4, 0.5) is 11.4 Å². The SMILES string of the molecule is CCN(CC)S(=O)(=O)c1ccc(N2CCCC2)c(C(=O)Nc2ccc3c(c2)n(C)c(=O)n3C)c1. The third kappa shape index (κ3) is 4.12. The number of fused-ring (bicyclic) bond motifs is 1. The molecule has 0 spiro atoms. The monoisotopic (exact) mass is 485 g/mol. The summed E-state index contributed by atoms with van der Waals surface area (Å²) in [7, 11) is -0.328. The van der Waals surface area contributed by atoms with Gasteiger partial charge in [0.05, 0.1) is 21.5 Å². The third-order valence-electron chi connectivity index (χ3n) is 6.53. The Hall–Kier alpha value is -3.11. The largest absolute Gasteiger partial charge is 0.371 e. The summed E-state index contributed by atoms with van der Waals surface area (Å²) in [6.45, 7) is 5.93. The number of imidazole rings is 1. The van der Waals surface area contributed by atoms with Gasteiger partial charge in [0.15, 0.2) is 0 Å². The second-order valence-electron chi connectivity index (χ2n) is 8.52. The van der Waals surface area contributed by atoms with Crippen LogP contribution >= 0.6 is 0 Å². The first-order valence-corrected chi connectivity index (χ1v) is 13.0. The highest BCUT2D eigenvalue weighted by Gasteiger charge is 2.26. The molecule has 9 nitrogen and oxygen atoms in total. The van der Waals surface area contributed by atoms with Crippen molar-refractivity contribution in [2.45, 2.75) is 31.6 Å². The Bertz CT molecular complexity index is 1400. The van der Waals surface area contributed by atoms with Gasteiger partial charge in [0.25, 0.3) is 5.91 Å². The zero-order chi connectivity index (χ0) is 24.6. The Morgan fingerprint density at radius 3 is 2.26 bits per heavy atom. The van der Waals surface area contributed by atoms with E-state index in [9.17, 15) is 18.0 Å². The molecule has 1 saturated heterocycles. The lowest BCUT2D eigenvalue weighted by Gasteiger charge is -2.23. The summed E-state index contributed by atoms with van der Waals surface area (Å²) in [4.78, 5) is 27.9. The van der Waals surface area contributed by atoms with Crippen molar-refractivity contribution in [1.82, 2.24) is 13.4 Å². The highest BCUT2D eigenvalue weighted by Crippen LogP contribution is 2.29. The van der Waals surface area contributed by atoms with Crippen LogP contribution in [0.25, 0.3) is 11.0 Å². The van der Waals surface area contributed by atoms with Crippen molar-refractivity contribution in [1.29, 1.82) is 0 Å². The van der Waals surface area contributed by atoms with Gasteiger partial charge in [0.1, 0.15) is 0 Å². The maximum atomic E-state index is 13.5. The van der Waals surface area contributed by atoms with E-state index in [2.05, 4.69) is 10.2 Å². The zero-order valence-corrected chi connectivity index (χ0v) is 20.9. The van der Waals surface area contributed by atoms with Crippen molar-refractivity contribution < 1.29 is 13.2 Å². The van der Waals surface area contributed by atoms with Gasteiger partial charge in [0.2, 0.25) is 10.0 Å². The van der Waals surface area contributed by atoms with Crippen molar-refractivity contribution in [3.63, 3.8) is 0 Å². The van der Waals surface area contributed by atoms with Gasteiger partial charge in [-0.2, -0.15) is 4.31 Å². The van der Waals surface area contributed by atoms with Gasteiger partial charge in [-0.3, -0.25) is 13.9 Å². The standard InChI is InChI=1S/C24H31N5O4S/c1-5-29(6-2)34(32,33)18-10-12-20(28-13-7-8-14-28)19(16-18)23(30)25-17-9-11-21-22(15-17)27(4)24(31)26(21)3/h9-12,15-16H,5-8,13-14H2,1-4H3,(H,25,30). The molecular weight excluding hydrogens is 454 g/mol. The summed E-state index contributed by atoms with van der Waals surface area (Å²) in [5, 5.41) is 2.91. The van der Waals surface area contributed by atoms with Crippen LogP contribution in [0.2, 0.25) is 0 Å². The highest BCUT2D eigenvalue weighted by molar-refractivity contribution is 7.89. The van der Waals surface area contributed by atoms with E-state index in [-0.39, 0.29) is 10.6 Å². The molecule has 34 heavy (non-hydrogen) atoms. The topological polar surface area (TPSA) is 96.7 Å². The van der Waals surface area contributed by atoms with Crippen molar-refractivity contribution in [2.75, 3.05) is 36.4 Å². The fraction of sp³-hybridized carbons (Fsp3) is 0.417. The van der Waals surface area contributed by atoms with Crippen LogP contribution in [-0.2, 0) is 24.1 Å². The number of carbonyl (C=O) groups is 1. The number of carbonyl (C=O) groups excluding carboxylic acids is 1. The van der Waals surface area contributed by atoms with Crippen LogP contribution in [0, 0.1) is 0 Å². The van der Waals surface area contributed by atoms with Crippen LogP contribution in [0.1, 0.15) is 37.0 Å². The molecule has 0 radical (unpaired) electrons. The lowest BCUT2D eigenvalue weighted by Crippen LogP contribution is -2.31. The number of hydrogen-bond donors (Lipinski definition) is 1. The quantitative estimate of drug-likeness (QED) is 0.555. The van der Waals surface area contributed by atoms with E-state index in [1.165, 1.54) is 14.9 Å². The first kappa shape index (κ1) is 24.0. The van der Waals surface area contributed by atoms with Crippen molar-refractivity contribution in [3.05, 3.63) is 52.4 Å². The van der Waals surface area contributed by atoms with Crippen LogP contribution in [0.5, 0.6) is 0 Å². The predicted molar refractivity (Wildman–Crippen MR) is 134 cm³/mol. The molecule has 1 aromatic heterocycles. The second-order valence-corrected chi connectivity index (χ2v) is 10.5. The Kier molecular flexibility index (Phi) is 6.55. The van der Waals surface area contributed by atoms with E-state index < -0.39 is 15.9 Å². The molecule has 4 rings (SSSR count). The molecule has 0 unspecified atom stereocenters. The first-order valence-electron chi connectivity index (χ1n) is 11.5. The molecular formula is C24H31N5O4S. The summed E-state index contributed by atoms with van der Waals surface area (Å²) >= 11 is 0. The number of anilines is 2. The van der Waals surface area contributed by atoms with E-state index in [1.807, 2.05) is 0 Å². The normalized spacial score (nSPS) is 14.3. The van der Waals surface area contributed by atoms with Crippen LogP contribution in [0.3, 0.4) is 0 Å². The summed E-state index contributed by atoms with van der Waals surface area (Å²) in [5.41, 5.74) is 2.88. The minimum atomic E-state index is -3.71. The number of aromatic nitrogens is 2. The van der Waals surface area contributed by atoms with Gasteiger partial charge in [-0.15, -0.1) is 0 Å². The molecule has 1 fully saturated rings. The fourth-order valence-corrected chi connectivity index (χ4v) is 6.07. The molecule has 3 aromatic rings. The van der Waals surface area contributed by atoms with Crippen molar-refractivity contribution in [2.24, 2.45) is 14.1 Å². The molecule has 0 bridgehead atoms. The van der Waals surface area contributed by atoms with Gasteiger partial charge in [-0.25, -0.2) is 13.2 Å². The van der Waals surface area contributed by atoms with Crippen molar-refractivity contribution >= 4 is 38.3 Å². The minimum Gasteiger partial charge on any atom is -0.371 e. The maximum absolute atomic E-state index is 13.5. The number of amides is 1. The maximum Gasteiger partial charge on any atom is 0.328 e. The molecule has 1 aliphatic rings. The Labute approximate surface area is 199 Å². The minimum absolute atomic E-state index is 0.102. The number of sulfonamides is 1. The highest BCUT2D eigenvalue weighted by atomic mass is 32.2. The summed E-state index contributed by atoms with van der Waals surface area (Å²) < 4.78 is 30.7. The second kappa shape index (κ2) is 9.27.